The van der Waals surface area contributed by atoms with Crippen molar-refractivity contribution in [3.8, 4) is 11.5 Å². The molecule has 0 fully saturated rings. The Morgan fingerprint density at radius 1 is 0.771 bits per heavy atom. The van der Waals surface area contributed by atoms with Crippen LogP contribution in [0.1, 0.15) is 33.6 Å². The van der Waals surface area contributed by atoms with Crippen LogP contribution in [0.5, 0.6) is 11.5 Å². The van der Waals surface area contributed by atoms with Crippen LogP contribution in [-0.4, -0.2) is 44.1 Å². The minimum absolute atomic E-state index is 0.0967. The van der Waals surface area contributed by atoms with Crippen LogP contribution in [0.25, 0.3) is 0 Å². The Morgan fingerprint density at radius 3 is 1.40 bits per heavy atom. The van der Waals surface area contributed by atoms with Gasteiger partial charge in [0.2, 0.25) is 0 Å². The van der Waals surface area contributed by atoms with Gasteiger partial charge in [0.25, 0.3) is 11.4 Å². The van der Waals surface area contributed by atoms with Crippen LogP contribution in [0.2, 0.25) is 0 Å². The van der Waals surface area contributed by atoms with Gasteiger partial charge in [-0.1, -0.05) is 0 Å². The molecule has 0 bridgehead atoms. The molecular weight excluding hydrogens is 468 g/mol. The van der Waals surface area contributed by atoms with E-state index in [1.54, 1.807) is 0 Å². The monoisotopic (exact) mass is 490 g/mol. The fourth-order valence-electron chi connectivity index (χ4n) is 2.66. The summed E-state index contributed by atoms with van der Waals surface area (Å²) in [5, 5.41) is 32.4. The Bertz CT molecular complexity index is 1050. The van der Waals surface area contributed by atoms with E-state index in [1.807, 2.05) is 0 Å². The lowest BCUT2D eigenvalue weighted by Crippen LogP contribution is -2.47. The summed E-state index contributed by atoms with van der Waals surface area (Å²) in [6.45, 7) is 4.53. The smallest absolute Gasteiger partial charge is 0.339 e. The molecule has 35 heavy (non-hydrogen) atoms. The molecule has 0 amide bonds. The standard InChI is InChI=1S/C22H22N2O11/c1-21(2,3)35-20(27)22(28,12-18(25)33-16-8-4-14(5-9-16)23(29)30)13-19(26)34-17-10-6-15(7-11-17)24(31)32/h4-11,28H,12-13H2,1-3H3. The summed E-state index contributed by atoms with van der Waals surface area (Å²) in [5.74, 6) is -3.74. The molecule has 0 aromatic heterocycles. The van der Waals surface area contributed by atoms with Crippen LogP contribution >= 0.6 is 0 Å². The summed E-state index contributed by atoms with van der Waals surface area (Å²) in [6, 6.07) is 8.93. The van der Waals surface area contributed by atoms with Crippen molar-refractivity contribution in [1.29, 1.82) is 0 Å². The molecule has 0 heterocycles. The van der Waals surface area contributed by atoms with Gasteiger partial charge in [-0.25, -0.2) is 4.79 Å². The predicted molar refractivity (Wildman–Crippen MR) is 117 cm³/mol. The number of non-ortho nitro benzene ring substituents is 2. The van der Waals surface area contributed by atoms with Gasteiger partial charge in [-0.3, -0.25) is 29.8 Å². The number of aliphatic hydroxyl groups is 1. The zero-order valence-corrected chi connectivity index (χ0v) is 19.0. The number of nitro benzene ring substituents is 2. The molecule has 13 nitrogen and oxygen atoms in total. The normalized spacial score (nSPS) is 11.3. The minimum Gasteiger partial charge on any atom is -0.458 e. The summed E-state index contributed by atoms with van der Waals surface area (Å²) < 4.78 is 15.2. The first-order valence-electron chi connectivity index (χ1n) is 10.0. The van der Waals surface area contributed by atoms with Crippen LogP contribution in [0.15, 0.2) is 48.5 Å². The van der Waals surface area contributed by atoms with E-state index in [2.05, 4.69) is 0 Å². The molecule has 0 spiro atoms. The van der Waals surface area contributed by atoms with Crippen LogP contribution in [0.4, 0.5) is 11.4 Å². The first-order valence-corrected chi connectivity index (χ1v) is 10.0. The van der Waals surface area contributed by atoms with Gasteiger partial charge < -0.3 is 19.3 Å². The SMILES string of the molecule is CC(C)(C)OC(=O)C(O)(CC(=O)Oc1ccc([N+](=O)[O-])cc1)CC(=O)Oc1ccc([N+](=O)[O-])cc1. The van der Waals surface area contributed by atoms with Gasteiger partial charge in [0.05, 0.1) is 22.7 Å². The maximum absolute atomic E-state index is 12.7. The number of rotatable bonds is 9. The lowest BCUT2D eigenvalue weighted by Gasteiger charge is -2.29. The fourth-order valence-corrected chi connectivity index (χ4v) is 2.66. The molecule has 13 heteroatoms. The van der Waals surface area contributed by atoms with Gasteiger partial charge in [0, 0.05) is 24.3 Å². The molecule has 2 rings (SSSR count). The van der Waals surface area contributed by atoms with Gasteiger partial charge in [-0.05, 0) is 45.0 Å². The summed E-state index contributed by atoms with van der Waals surface area (Å²) >= 11 is 0. The van der Waals surface area contributed by atoms with Gasteiger partial charge in [-0.15, -0.1) is 0 Å². The van der Waals surface area contributed by atoms with Crippen molar-refractivity contribution >= 4 is 29.3 Å². The van der Waals surface area contributed by atoms with Gasteiger partial charge in [0.15, 0.2) is 5.60 Å². The van der Waals surface area contributed by atoms with Crippen molar-refractivity contribution in [3.63, 3.8) is 0 Å². The number of ether oxygens (including phenoxy) is 3. The van der Waals surface area contributed by atoms with Gasteiger partial charge in [-0.2, -0.15) is 0 Å². The second-order valence-electron chi connectivity index (χ2n) is 8.34. The average molecular weight is 490 g/mol. The maximum Gasteiger partial charge on any atom is 0.339 e. The molecule has 0 aliphatic carbocycles. The second-order valence-corrected chi connectivity index (χ2v) is 8.34. The Labute approximate surface area is 198 Å². The minimum atomic E-state index is -2.68. The van der Waals surface area contributed by atoms with Crippen molar-refractivity contribution < 1.29 is 43.5 Å². The van der Waals surface area contributed by atoms with Gasteiger partial charge in [0.1, 0.15) is 17.1 Å². The Hall–Kier alpha value is -4.39. The van der Waals surface area contributed by atoms with E-state index in [0.717, 1.165) is 48.5 Å². The quantitative estimate of drug-likeness (QED) is 0.236. The first-order chi connectivity index (χ1) is 16.2. The molecule has 0 aliphatic heterocycles. The van der Waals surface area contributed by atoms with Crippen molar-refractivity contribution in [2.75, 3.05) is 0 Å². The van der Waals surface area contributed by atoms with E-state index < -0.39 is 51.8 Å². The molecular formula is C22H22N2O11. The molecule has 1 N–H and O–H groups in total. The second kappa shape index (κ2) is 10.7. The topological polar surface area (TPSA) is 185 Å². The van der Waals surface area contributed by atoms with E-state index in [1.165, 1.54) is 20.8 Å². The summed E-state index contributed by atoms with van der Waals surface area (Å²) in [5.41, 5.74) is -4.24. The third kappa shape index (κ3) is 8.16. The van der Waals surface area contributed by atoms with E-state index in [-0.39, 0.29) is 22.9 Å². The largest absolute Gasteiger partial charge is 0.458 e. The number of nitrogens with zero attached hydrogens (tertiary/aromatic N) is 2. The molecule has 0 unspecified atom stereocenters. The zero-order chi connectivity index (χ0) is 26.4. The molecule has 0 saturated heterocycles. The molecule has 2 aromatic carbocycles. The number of carbonyl (C=O) groups excluding carboxylic acids is 3. The number of hydrogen-bond acceptors (Lipinski definition) is 11. The molecule has 2 aromatic rings. The summed E-state index contributed by atoms with van der Waals surface area (Å²) in [6.07, 6.45) is -2.01. The molecule has 0 atom stereocenters. The van der Waals surface area contributed by atoms with Crippen LogP contribution in [-0.2, 0) is 19.1 Å². The van der Waals surface area contributed by atoms with Crippen molar-refractivity contribution in [3.05, 3.63) is 68.8 Å². The van der Waals surface area contributed by atoms with E-state index in [4.69, 9.17) is 14.2 Å². The lowest BCUT2D eigenvalue weighted by molar-refractivity contribution is -0.385. The molecule has 0 radical (unpaired) electrons. The predicted octanol–water partition coefficient (Wildman–Crippen LogP) is 2.87. The highest BCUT2D eigenvalue weighted by atomic mass is 16.6. The van der Waals surface area contributed by atoms with Crippen LogP contribution < -0.4 is 9.47 Å². The Kier molecular flexibility index (Phi) is 8.21. The summed E-state index contributed by atoms with van der Waals surface area (Å²) in [7, 11) is 0. The highest BCUT2D eigenvalue weighted by Gasteiger charge is 2.45. The Morgan fingerprint density at radius 2 is 1.11 bits per heavy atom. The highest BCUT2D eigenvalue weighted by molar-refractivity contribution is 5.91. The third-order valence-electron chi connectivity index (χ3n) is 4.21. The molecule has 0 saturated carbocycles. The molecule has 0 aliphatic rings. The fraction of sp³-hybridized carbons (Fsp3) is 0.318. The van der Waals surface area contributed by atoms with Crippen LogP contribution in [0.3, 0.4) is 0 Å². The number of hydrogen-bond donors (Lipinski definition) is 1. The van der Waals surface area contributed by atoms with E-state index in [0.29, 0.717) is 0 Å². The number of benzene rings is 2. The van der Waals surface area contributed by atoms with Crippen molar-refractivity contribution in [2.45, 2.75) is 44.8 Å². The lowest BCUT2D eigenvalue weighted by atomic mass is 9.95. The van der Waals surface area contributed by atoms with E-state index in [9.17, 15) is 39.7 Å². The van der Waals surface area contributed by atoms with Gasteiger partial charge >= 0.3 is 17.9 Å². The highest BCUT2D eigenvalue weighted by Crippen LogP contribution is 2.26. The Balaban J connectivity index is 2.16. The first kappa shape index (κ1) is 26.9. The number of carbonyl (C=O) groups is 3. The van der Waals surface area contributed by atoms with Crippen molar-refractivity contribution in [2.24, 2.45) is 0 Å². The van der Waals surface area contributed by atoms with E-state index >= 15 is 0 Å². The third-order valence-corrected chi connectivity index (χ3v) is 4.21. The average Bonchev–Trinajstić information content (AvgIpc) is 2.72. The number of esters is 3. The summed E-state index contributed by atoms with van der Waals surface area (Å²) in [4.78, 5) is 57.7. The van der Waals surface area contributed by atoms with Crippen LogP contribution in [0, 0.1) is 20.2 Å². The zero-order valence-electron chi connectivity index (χ0n) is 19.0. The maximum atomic E-state index is 12.7. The number of nitro groups is 2. The van der Waals surface area contributed by atoms with Crippen molar-refractivity contribution in [1.82, 2.24) is 0 Å². The molecule has 186 valence electrons.